The average Bonchev–Trinajstić information content (AvgIpc) is 2.51. The quantitative estimate of drug-likeness (QED) is 0.612. The zero-order chi connectivity index (χ0) is 15.9. The second-order valence-electron chi connectivity index (χ2n) is 4.47. The minimum absolute atomic E-state index is 0.240. The molecule has 0 saturated carbocycles. The highest BCUT2D eigenvalue weighted by Gasteiger charge is 2.36. The van der Waals surface area contributed by atoms with Gasteiger partial charge in [-0.3, -0.25) is 5.32 Å². The lowest BCUT2D eigenvalue weighted by atomic mass is 9.91. The molecule has 0 spiro atoms. The predicted molar refractivity (Wildman–Crippen MR) is 80.4 cm³/mol. The molecule has 0 amide bonds. The Morgan fingerprint density at radius 3 is 2.52 bits per heavy atom. The van der Waals surface area contributed by atoms with Gasteiger partial charge in [-0.25, -0.2) is 4.79 Å². The van der Waals surface area contributed by atoms with Gasteiger partial charge in [0.1, 0.15) is 5.54 Å². The predicted octanol–water partition coefficient (Wildman–Crippen LogP) is 1.70. The van der Waals surface area contributed by atoms with Crippen molar-refractivity contribution in [2.75, 3.05) is 27.4 Å². The lowest BCUT2D eigenvalue weighted by molar-refractivity contribution is -0.150. The maximum atomic E-state index is 12.3. The van der Waals surface area contributed by atoms with Gasteiger partial charge in [-0.15, -0.1) is 6.42 Å². The molecule has 0 aliphatic carbocycles. The Hall–Kier alpha value is -2.19. The molecule has 0 fully saturated rings. The summed E-state index contributed by atoms with van der Waals surface area (Å²) >= 11 is 0. The highest BCUT2D eigenvalue weighted by molar-refractivity contribution is 5.82. The molecule has 5 nitrogen and oxygen atoms in total. The number of methoxy groups -OCH3 is 2. The van der Waals surface area contributed by atoms with E-state index in [1.807, 2.05) is 0 Å². The summed E-state index contributed by atoms with van der Waals surface area (Å²) in [6.45, 7) is 4.01. The minimum atomic E-state index is -1.05. The van der Waals surface area contributed by atoms with Crippen molar-refractivity contribution in [3.05, 3.63) is 23.8 Å². The molecule has 1 rings (SSSR count). The van der Waals surface area contributed by atoms with E-state index >= 15 is 0 Å². The molecule has 21 heavy (non-hydrogen) atoms. The number of esters is 1. The normalized spacial score (nSPS) is 12.9. The first-order valence-corrected chi connectivity index (χ1v) is 6.61. The number of carbonyl (C=O) groups excluding carboxylic acids is 1. The molecule has 0 heterocycles. The molecular formula is C16H21NO4. The van der Waals surface area contributed by atoms with Gasteiger partial charge in [-0.05, 0) is 31.5 Å². The van der Waals surface area contributed by atoms with Crippen molar-refractivity contribution >= 4 is 5.97 Å². The van der Waals surface area contributed by atoms with E-state index in [-0.39, 0.29) is 6.54 Å². The number of benzene rings is 1. The second-order valence-corrected chi connectivity index (χ2v) is 4.47. The molecule has 1 aromatic carbocycles. The SMILES string of the molecule is C#CCNC(C)(C(=O)OCC)c1ccc(OC)c(OC)c1. The number of nitrogens with one attached hydrogen (secondary N) is 1. The number of rotatable bonds is 7. The van der Waals surface area contributed by atoms with Gasteiger partial charge in [-0.1, -0.05) is 12.0 Å². The Balaban J connectivity index is 3.25. The molecule has 0 bridgehead atoms. The van der Waals surface area contributed by atoms with E-state index in [9.17, 15) is 4.79 Å². The van der Waals surface area contributed by atoms with Crippen molar-refractivity contribution in [1.82, 2.24) is 5.32 Å². The molecule has 0 radical (unpaired) electrons. The third-order valence-corrected chi connectivity index (χ3v) is 3.19. The molecule has 0 saturated heterocycles. The van der Waals surface area contributed by atoms with E-state index < -0.39 is 11.5 Å². The van der Waals surface area contributed by atoms with E-state index in [2.05, 4.69) is 11.2 Å². The standard InChI is InChI=1S/C16H21NO4/c1-6-10-17-16(3,15(18)21-7-2)12-8-9-13(19-4)14(11-12)20-5/h1,8-9,11,17H,7,10H2,2-5H3. The zero-order valence-electron chi connectivity index (χ0n) is 12.9. The van der Waals surface area contributed by atoms with E-state index in [1.54, 1.807) is 39.2 Å². The average molecular weight is 291 g/mol. The van der Waals surface area contributed by atoms with Crippen molar-refractivity contribution in [1.29, 1.82) is 0 Å². The van der Waals surface area contributed by atoms with Gasteiger partial charge in [-0.2, -0.15) is 0 Å². The van der Waals surface area contributed by atoms with Crippen LogP contribution in [0.3, 0.4) is 0 Å². The summed E-state index contributed by atoms with van der Waals surface area (Å²) in [7, 11) is 3.09. The van der Waals surface area contributed by atoms with E-state index in [0.29, 0.717) is 23.7 Å². The molecule has 0 aliphatic heterocycles. The van der Waals surface area contributed by atoms with Crippen LogP contribution < -0.4 is 14.8 Å². The molecule has 0 aromatic heterocycles. The number of carbonyl (C=O) groups is 1. The van der Waals surface area contributed by atoms with Gasteiger partial charge in [0.15, 0.2) is 11.5 Å². The molecule has 5 heteroatoms. The smallest absolute Gasteiger partial charge is 0.330 e. The summed E-state index contributed by atoms with van der Waals surface area (Å²) in [5, 5.41) is 3.03. The molecule has 1 N–H and O–H groups in total. The van der Waals surface area contributed by atoms with Crippen molar-refractivity contribution in [3.63, 3.8) is 0 Å². The number of hydrogen-bond donors (Lipinski definition) is 1. The Labute approximate surface area is 125 Å². The number of hydrogen-bond acceptors (Lipinski definition) is 5. The van der Waals surface area contributed by atoms with Crippen LogP contribution in [0.25, 0.3) is 0 Å². The fraction of sp³-hybridized carbons (Fsp3) is 0.438. The fourth-order valence-electron chi connectivity index (χ4n) is 1.94. The lowest BCUT2D eigenvalue weighted by Gasteiger charge is -2.28. The fourth-order valence-corrected chi connectivity index (χ4v) is 1.94. The maximum Gasteiger partial charge on any atom is 0.330 e. The van der Waals surface area contributed by atoms with Crippen LogP contribution in [0.5, 0.6) is 11.5 Å². The first kappa shape index (κ1) is 16.9. The number of ether oxygens (including phenoxy) is 3. The summed E-state index contributed by atoms with van der Waals surface area (Å²) in [5.41, 5.74) is -0.365. The second kappa shape index (κ2) is 7.55. The van der Waals surface area contributed by atoms with E-state index in [4.69, 9.17) is 20.6 Å². The van der Waals surface area contributed by atoms with Gasteiger partial charge in [0.05, 0.1) is 27.4 Å². The highest BCUT2D eigenvalue weighted by atomic mass is 16.5. The molecule has 1 unspecified atom stereocenters. The monoisotopic (exact) mass is 291 g/mol. The van der Waals surface area contributed by atoms with E-state index in [0.717, 1.165) is 0 Å². The van der Waals surface area contributed by atoms with Crippen molar-refractivity contribution in [2.45, 2.75) is 19.4 Å². The van der Waals surface area contributed by atoms with Crippen LogP contribution >= 0.6 is 0 Å². The first-order valence-electron chi connectivity index (χ1n) is 6.61. The van der Waals surface area contributed by atoms with Crippen molar-refractivity contribution in [3.8, 4) is 23.8 Å². The summed E-state index contributed by atoms with van der Waals surface area (Å²) in [6.07, 6.45) is 5.28. The summed E-state index contributed by atoms with van der Waals surface area (Å²) in [5.74, 6) is 3.19. The Kier molecular flexibility index (Phi) is 6.07. The van der Waals surface area contributed by atoms with Crippen LogP contribution in [0.1, 0.15) is 19.4 Å². The summed E-state index contributed by atoms with van der Waals surface area (Å²) in [6, 6.07) is 5.25. The van der Waals surface area contributed by atoms with Crippen molar-refractivity contribution in [2.24, 2.45) is 0 Å². The third kappa shape index (κ3) is 3.67. The molecule has 114 valence electrons. The van der Waals surface area contributed by atoms with Crippen LogP contribution in [0.2, 0.25) is 0 Å². The van der Waals surface area contributed by atoms with Crippen LogP contribution in [0.15, 0.2) is 18.2 Å². The third-order valence-electron chi connectivity index (χ3n) is 3.19. The molecule has 0 aliphatic rings. The van der Waals surface area contributed by atoms with Gasteiger partial charge in [0.2, 0.25) is 0 Å². The summed E-state index contributed by atoms with van der Waals surface area (Å²) < 4.78 is 15.6. The molecule has 1 atom stereocenters. The van der Waals surface area contributed by atoms with Gasteiger partial charge >= 0.3 is 5.97 Å². The van der Waals surface area contributed by atoms with Gasteiger partial charge < -0.3 is 14.2 Å². The van der Waals surface area contributed by atoms with Crippen LogP contribution in [-0.2, 0) is 15.1 Å². The largest absolute Gasteiger partial charge is 0.493 e. The van der Waals surface area contributed by atoms with Gasteiger partial charge in [0.25, 0.3) is 0 Å². The topological polar surface area (TPSA) is 56.8 Å². The van der Waals surface area contributed by atoms with E-state index in [1.165, 1.54) is 7.11 Å². The van der Waals surface area contributed by atoms with Crippen LogP contribution in [0, 0.1) is 12.3 Å². The zero-order valence-corrected chi connectivity index (χ0v) is 12.9. The van der Waals surface area contributed by atoms with Gasteiger partial charge in [0, 0.05) is 0 Å². The molecular weight excluding hydrogens is 270 g/mol. The first-order chi connectivity index (χ1) is 10.0. The maximum absolute atomic E-state index is 12.3. The van der Waals surface area contributed by atoms with Crippen LogP contribution in [0.4, 0.5) is 0 Å². The highest BCUT2D eigenvalue weighted by Crippen LogP contribution is 2.32. The Morgan fingerprint density at radius 2 is 2.00 bits per heavy atom. The molecule has 1 aromatic rings. The Morgan fingerprint density at radius 1 is 1.33 bits per heavy atom. The van der Waals surface area contributed by atoms with Crippen molar-refractivity contribution < 1.29 is 19.0 Å². The number of terminal acetylenes is 1. The summed E-state index contributed by atoms with van der Waals surface area (Å²) in [4.78, 5) is 12.3. The minimum Gasteiger partial charge on any atom is -0.493 e. The lowest BCUT2D eigenvalue weighted by Crippen LogP contribution is -2.47. The Bertz CT molecular complexity index is 536. The van der Waals surface area contributed by atoms with Crippen LogP contribution in [-0.4, -0.2) is 33.3 Å².